The van der Waals surface area contributed by atoms with Gasteiger partial charge in [-0.2, -0.15) is 4.31 Å². The minimum absolute atomic E-state index is 0.164. The Morgan fingerprint density at radius 1 is 0.972 bits per heavy atom. The summed E-state index contributed by atoms with van der Waals surface area (Å²) in [5.41, 5.74) is 1.54. The number of hydrogen-bond donors (Lipinski definition) is 0. The molecular weight excluding hydrogens is 497 g/mol. The van der Waals surface area contributed by atoms with Crippen LogP contribution in [0.4, 0.5) is 13.2 Å². The molecule has 0 N–H and O–H groups in total. The van der Waals surface area contributed by atoms with E-state index in [1.807, 2.05) is 4.57 Å². The van der Waals surface area contributed by atoms with E-state index >= 15 is 0 Å². The van der Waals surface area contributed by atoms with E-state index in [2.05, 4.69) is 19.4 Å². The normalized spacial score (nSPS) is 18.1. The van der Waals surface area contributed by atoms with Gasteiger partial charge in [-0.15, -0.1) is 8.78 Å². The minimum Gasteiger partial charge on any atom is -0.395 e. The number of alkyl halides is 2. The summed E-state index contributed by atoms with van der Waals surface area (Å²) < 4.78 is 79.8. The highest BCUT2D eigenvalue weighted by atomic mass is 32.2. The van der Waals surface area contributed by atoms with Gasteiger partial charge >= 0.3 is 6.29 Å². The van der Waals surface area contributed by atoms with Crippen LogP contribution in [0.2, 0.25) is 0 Å². The Hall–Kier alpha value is -3.64. The van der Waals surface area contributed by atoms with Crippen LogP contribution in [0.5, 0.6) is 11.5 Å². The van der Waals surface area contributed by atoms with Crippen molar-refractivity contribution in [1.82, 2.24) is 18.8 Å². The standard InChI is InChI=1S/C24H19F3N4O4S/c25-18-5-2-1-4-17(18)22-29-19-6-3-11-28-23(19)31(22)15-9-12-30(13-10-15)36(32,33)16-7-8-20-21(14-16)35-24(26,27)34-20/h1-8,11,14-15H,9-10,12-13H2. The number of hydrogen-bond acceptors (Lipinski definition) is 6. The van der Waals surface area contributed by atoms with E-state index in [0.29, 0.717) is 35.4 Å². The molecule has 4 heterocycles. The number of halogens is 3. The number of benzene rings is 2. The van der Waals surface area contributed by atoms with E-state index in [1.54, 1.807) is 36.5 Å². The van der Waals surface area contributed by atoms with E-state index in [4.69, 9.17) is 0 Å². The maximum atomic E-state index is 14.7. The van der Waals surface area contributed by atoms with Crippen LogP contribution in [0.1, 0.15) is 18.9 Å². The average Bonchev–Trinajstić information content (AvgIpc) is 3.39. The Morgan fingerprint density at radius 2 is 1.72 bits per heavy atom. The van der Waals surface area contributed by atoms with Crippen LogP contribution in [-0.4, -0.2) is 46.6 Å². The number of imidazole rings is 1. The number of fused-ring (bicyclic) bond motifs is 2. The molecule has 1 fully saturated rings. The van der Waals surface area contributed by atoms with Crippen molar-refractivity contribution < 1.29 is 31.1 Å². The first-order valence-corrected chi connectivity index (χ1v) is 12.6. The molecule has 2 aromatic carbocycles. The van der Waals surface area contributed by atoms with Crippen molar-refractivity contribution in [3.8, 4) is 22.9 Å². The van der Waals surface area contributed by atoms with Gasteiger partial charge in [0.05, 0.1) is 10.5 Å². The lowest BCUT2D eigenvalue weighted by molar-refractivity contribution is -0.286. The third-order valence-electron chi connectivity index (χ3n) is 6.36. The molecule has 6 rings (SSSR count). The van der Waals surface area contributed by atoms with Crippen molar-refractivity contribution >= 4 is 21.2 Å². The van der Waals surface area contributed by atoms with Crippen molar-refractivity contribution in [1.29, 1.82) is 0 Å². The van der Waals surface area contributed by atoms with Crippen LogP contribution in [0.15, 0.2) is 65.7 Å². The van der Waals surface area contributed by atoms with Gasteiger partial charge in [0, 0.05) is 31.4 Å². The van der Waals surface area contributed by atoms with Gasteiger partial charge in [-0.1, -0.05) is 12.1 Å². The van der Waals surface area contributed by atoms with Gasteiger partial charge < -0.3 is 14.0 Å². The largest absolute Gasteiger partial charge is 0.586 e. The highest BCUT2D eigenvalue weighted by molar-refractivity contribution is 7.89. The fraction of sp³-hybridized carbons (Fsp3) is 0.250. The molecule has 2 aliphatic heterocycles. The molecule has 0 aliphatic carbocycles. The molecule has 0 radical (unpaired) electrons. The fourth-order valence-corrected chi connectivity index (χ4v) is 6.17. The summed E-state index contributed by atoms with van der Waals surface area (Å²) in [6.45, 7) is 0.335. The molecule has 0 atom stereocenters. The molecule has 186 valence electrons. The summed E-state index contributed by atoms with van der Waals surface area (Å²) >= 11 is 0. The van der Waals surface area contributed by atoms with Gasteiger partial charge in [-0.3, -0.25) is 0 Å². The molecule has 2 aromatic heterocycles. The second-order valence-electron chi connectivity index (χ2n) is 8.54. The second kappa shape index (κ2) is 8.20. The molecule has 0 spiro atoms. The van der Waals surface area contributed by atoms with Crippen LogP contribution < -0.4 is 9.47 Å². The lowest BCUT2D eigenvalue weighted by atomic mass is 10.1. The smallest absolute Gasteiger partial charge is 0.395 e. The van der Waals surface area contributed by atoms with E-state index in [1.165, 1.54) is 16.4 Å². The van der Waals surface area contributed by atoms with E-state index < -0.39 is 22.1 Å². The average molecular weight is 517 g/mol. The lowest BCUT2D eigenvalue weighted by Gasteiger charge is -2.32. The topological polar surface area (TPSA) is 86.6 Å². The maximum Gasteiger partial charge on any atom is 0.586 e. The quantitative estimate of drug-likeness (QED) is 0.395. The van der Waals surface area contributed by atoms with Crippen LogP contribution in [0, 0.1) is 5.82 Å². The molecule has 8 nitrogen and oxygen atoms in total. The molecule has 0 saturated carbocycles. The van der Waals surface area contributed by atoms with Crippen molar-refractivity contribution in [2.75, 3.05) is 13.1 Å². The van der Waals surface area contributed by atoms with E-state index in [0.717, 1.165) is 12.1 Å². The number of pyridine rings is 1. The number of piperidine rings is 1. The zero-order valence-electron chi connectivity index (χ0n) is 18.6. The molecule has 0 bridgehead atoms. The molecule has 0 amide bonds. The first-order valence-electron chi connectivity index (χ1n) is 11.2. The minimum atomic E-state index is -3.97. The lowest BCUT2D eigenvalue weighted by Crippen LogP contribution is -2.39. The first kappa shape index (κ1) is 22.8. The summed E-state index contributed by atoms with van der Waals surface area (Å²) in [5, 5.41) is 0. The predicted molar refractivity (Wildman–Crippen MR) is 123 cm³/mol. The van der Waals surface area contributed by atoms with Gasteiger partial charge in [-0.25, -0.2) is 22.8 Å². The second-order valence-corrected chi connectivity index (χ2v) is 10.5. The summed E-state index contributed by atoms with van der Waals surface area (Å²) in [7, 11) is -3.97. The van der Waals surface area contributed by atoms with Crippen molar-refractivity contribution in [2.45, 2.75) is 30.1 Å². The Balaban J connectivity index is 1.29. The zero-order valence-corrected chi connectivity index (χ0v) is 19.5. The first-order chi connectivity index (χ1) is 17.2. The van der Waals surface area contributed by atoms with Gasteiger partial charge in [0.25, 0.3) is 0 Å². The molecule has 12 heteroatoms. The molecule has 0 unspecified atom stereocenters. The van der Waals surface area contributed by atoms with Gasteiger partial charge in [0.2, 0.25) is 10.0 Å². The van der Waals surface area contributed by atoms with Gasteiger partial charge in [-0.05, 0) is 49.2 Å². The molecule has 4 aromatic rings. The van der Waals surface area contributed by atoms with E-state index in [-0.39, 0.29) is 35.5 Å². The van der Waals surface area contributed by atoms with Crippen LogP contribution in [0.25, 0.3) is 22.6 Å². The molecular formula is C24H19F3N4O4S. The number of nitrogens with zero attached hydrogens (tertiary/aromatic N) is 4. The number of sulfonamides is 1. The molecule has 1 saturated heterocycles. The Morgan fingerprint density at radius 3 is 2.50 bits per heavy atom. The van der Waals surface area contributed by atoms with Crippen molar-refractivity contribution in [3.63, 3.8) is 0 Å². The Bertz CT molecular complexity index is 1580. The van der Waals surface area contributed by atoms with Crippen LogP contribution in [0.3, 0.4) is 0 Å². The monoisotopic (exact) mass is 516 g/mol. The number of rotatable bonds is 4. The third kappa shape index (κ3) is 3.77. The predicted octanol–water partition coefficient (Wildman–Crippen LogP) is 4.58. The highest BCUT2D eigenvalue weighted by Gasteiger charge is 2.44. The number of aromatic nitrogens is 3. The summed E-state index contributed by atoms with van der Waals surface area (Å²) in [6.07, 6.45) is -1.36. The van der Waals surface area contributed by atoms with Crippen molar-refractivity contribution in [3.05, 3.63) is 66.6 Å². The van der Waals surface area contributed by atoms with Crippen molar-refractivity contribution in [2.24, 2.45) is 0 Å². The van der Waals surface area contributed by atoms with Gasteiger partial charge in [0.1, 0.15) is 17.2 Å². The fourth-order valence-electron chi connectivity index (χ4n) is 4.69. The molecule has 36 heavy (non-hydrogen) atoms. The summed E-state index contributed by atoms with van der Waals surface area (Å²) in [4.78, 5) is 8.91. The number of ether oxygens (including phenoxy) is 2. The SMILES string of the molecule is O=S(=O)(c1ccc2c(c1)OC(F)(F)O2)N1CCC(n2c(-c3ccccc3F)nc3cccnc32)CC1. The third-order valence-corrected chi connectivity index (χ3v) is 8.26. The summed E-state index contributed by atoms with van der Waals surface area (Å²) in [6, 6.07) is 13.1. The van der Waals surface area contributed by atoms with Gasteiger partial charge in [0.15, 0.2) is 17.1 Å². The Labute approximate surface area is 204 Å². The zero-order chi connectivity index (χ0) is 25.1. The maximum absolute atomic E-state index is 14.7. The van der Waals surface area contributed by atoms with E-state index in [9.17, 15) is 21.6 Å². The highest BCUT2D eigenvalue weighted by Crippen LogP contribution is 2.42. The molecule has 2 aliphatic rings. The summed E-state index contributed by atoms with van der Waals surface area (Å²) in [5.74, 6) is -0.540. The van der Waals surface area contributed by atoms with Crippen LogP contribution >= 0.6 is 0 Å². The van der Waals surface area contributed by atoms with Crippen LogP contribution in [-0.2, 0) is 10.0 Å². The Kier molecular flexibility index (Phi) is 5.20.